The molecule has 65 heavy (non-hydrogen) atoms. The molecular weight excluding hydrogens is 978 g/mol. The normalized spacial score (nSPS) is 15.9. The number of para-hydroxylation sites is 2. The quantitative estimate of drug-likeness (QED) is 0.0201. The fraction of sp³-hybridized carbons (Fsp3) is 0.170. The molecule has 0 radical (unpaired) electrons. The Hall–Kier alpha value is -6.77. The monoisotopic (exact) mass is 1020 g/mol. The highest BCUT2D eigenvalue weighted by Crippen LogP contribution is 2.42. The SMILES string of the molecule is CO/N=C(\C(=O)N[C@@H]1C(=O)N2C(C(=O)OCc3ccc(OC)cc3)=C(C[n+]3nn(N)c4ccccc43)CS[C@H]12)c1csc(NC(c2ccccc2)(c2ccccc2)c2ccccc2)n1.[I-]. The molecule has 0 bridgehead atoms. The Morgan fingerprint density at radius 1 is 0.877 bits per heavy atom. The van der Waals surface area contributed by atoms with E-state index >= 15 is 0 Å². The molecule has 2 aromatic heterocycles. The van der Waals surface area contributed by atoms with Gasteiger partial charge in [0.05, 0.1) is 7.11 Å². The number of amides is 2. The Labute approximate surface area is 399 Å². The Kier molecular flexibility index (Phi) is 13.5. The summed E-state index contributed by atoms with van der Waals surface area (Å²) >= 11 is 2.71. The number of thiazole rings is 1. The van der Waals surface area contributed by atoms with Gasteiger partial charge in [-0.3, -0.25) is 14.5 Å². The molecule has 1 fully saturated rings. The lowest BCUT2D eigenvalue weighted by Crippen LogP contribution is -3.00. The minimum Gasteiger partial charge on any atom is -1.00 e. The zero-order valence-corrected chi connectivity index (χ0v) is 38.8. The van der Waals surface area contributed by atoms with Crippen molar-refractivity contribution >= 4 is 62.8 Å². The number of carbonyl (C=O) groups is 3. The Bertz CT molecular complexity index is 2800. The number of fused-ring (bicyclic) bond motifs is 2. The molecule has 2 amide bonds. The number of nitrogen functional groups attached to an aromatic ring is 1. The predicted octanol–water partition coefficient (Wildman–Crippen LogP) is 2.36. The molecule has 0 aliphatic carbocycles. The third-order valence-electron chi connectivity index (χ3n) is 11.1. The fourth-order valence-electron chi connectivity index (χ4n) is 8.01. The number of nitrogens with zero attached hydrogens (tertiary/aromatic N) is 6. The topological polar surface area (TPSA) is 179 Å². The standard InChI is InChI=1S/C47H41N9O6S2.HI/c1-60-35-24-22-30(23-25-35)27-62-45(59)41-31(26-54-37-20-12-13-21-38(37)56(48)53-54)28-63-44-40(43(58)55(41)44)50-42(57)39(52-61-2)36-29-64-46(49-36)51-47(32-14-6-3-7-15-32,33-16-8-4-9-17-33)34-18-10-5-11-19-34;/h3-25,29,40,44H,26-28H2,1-2H3,(H3-,48,49,50,51,53,57);1H/b52-39-;/t40-,44-;/m1./s1. The number of rotatable bonds is 15. The molecule has 2 atom stereocenters. The van der Waals surface area contributed by atoms with Crippen molar-refractivity contribution < 1.29 is 57.4 Å². The molecule has 9 rings (SSSR count). The second-order valence-electron chi connectivity index (χ2n) is 14.9. The van der Waals surface area contributed by atoms with E-state index in [1.807, 2.05) is 78.9 Å². The molecule has 15 nitrogen and oxygen atoms in total. The largest absolute Gasteiger partial charge is 1.00 e. The minimum atomic E-state index is -1.000. The maximum atomic E-state index is 14.2. The molecule has 18 heteroatoms. The van der Waals surface area contributed by atoms with Gasteiger partial charge in [0.2, 0.25) is 11.0 Å². The summed E-state index contributed by atoms with van der Waals surface area (Å²) < 4.78 is 12.8. The highest BCUT2D eigenvalue weighted by Gasteiger charge is 2.55. The Morgan fingerprint density at radius 3 is 2.11 bits per heavy atom. The van der Waals surface area contributed by atoms with Gasteiger partial charge in [-0.05, 0) is 51.3 Å². The summed E-state index contributed by atoms with van der Waals surface area (Å²) in [5.74, 6) is 5.32. The van der Waals surface area contributed by atoms with Crippen LogP contribution >= 0.6 is 23.1 Å². The van der Waals surface area contributed by atoms with Gasteiger partial charge in [0.15, 0.2) is 10.8 Å². The van der Waals surface area contributed by atoms with Crippen LogP contribution in [0.5, 0.6) is 5.75 Å². The van der Waals surface area contributed by atoms with Gasteiger partial charge in [-0.2, -0.15) is 0 Å². The maximum absolute atomic E-state index is 14.2. The molecule has 0 spiro atoms. The second-order valence-corrected chi connectivity index (χ2v) is 16.8. The third kappa shape index (κ3) is 8.75. The van der Waals surface area contributed by atoms with Gasteiger partial charge >= 0.3 is 5.97 Å². The van der Waals surface area contributed by atoms with Crippen molar-refractivity contribution in [1.82, 2.24) is 25.2 Å². The first-order valence-corrected chi connectivity index (χ1v) is 22.1. The number of nitrogens with one attached hydrogen (secondary N) is 2. The highest BCUT2D eigenvalue weighted by molar-refractivity contribution is 8.00. The van der Waals surface area contributed by atoms with Crippen molar-refractivity contribution in [1.29, 1.82) is 0 Å². The van der Waals surface area contributed by atoms with Crippen LogP contribution in [0.2, 0.25) is 0 Å². The number of thioether (sulfide) groups is 1. The molecule has 2 aliphatic heterocycles. The first-order chi connectivity index (χ1) is 31.3. The van der Waals surface area contributed by atoms with E-state index in [2.05, 4.69) is 57.4 Å². The van der Waals surface area contributed by atoms with Crippen molar-refractivity contribution in [3.05, 3.63) is 184 Å². The molecular formula is C47H42IN9O6S2. The number of carbonyl (C=O) groups excluding carboxylic acids is 3. The van der Waals surface area contributed by atoms with Crippen LogP contribution < -0.4 is 49.9 Å². The van der Waals surface area contributed by atoms with Crippen molar-refractivity contribution in [2.75, 3.05) is 31.1 Å². The summed E-state index contributed by atoms with van der Waals surface area (Å²) in [6.07, 6.45) is 0. The van der Waals surface area contributed by atoms with Crippen LogP contribution in [0, 0.1) is 0 Å². The lowest BCUT2D eigenvalue weighted by Gasteiger charge is -2.49. The number of hydrogen-bond acceptors (Lipinski definition) is 13. The molecule has 1 saturated heterocycles. The summed E-state index contributed by atoms with van der Waals surface area (Å²) in [7, 11) is 2.91. The number of benzene rings is 5. The maximum Gasteiger partial charge on any atom is 0.355 e. The molecule has 7 aromatic rings. The van der Waals surface area contributed by atoms with E-state index < -0.39 is 34.7 Å². The summed E-state index contributed by atoms with van der Waals surface area (Å²) in [5, 5.41) is 16.7. The van der Waals surface area contributed by atoms with Crippen LogP contribution in [0.3, 0.4) is 0 Å². The van der Waals surface area contributed by atoms with Crippen molar-refractivity contribution in [2.45, 2.75) is 30.1 Å². The van der Waals surface area contributed by atoms with E-state index in [0.29, 0.717) is 27.7 Å². The van der Waals surface area contributed by atoms with E-state index in [0.717, 1.165) is 27.8 Å². The van der Waals surface area contributed by atoms with E-state index in [1.165, 1.54) is 39.9 Å². The number of halogens is 1. The zero-order valence-electron chi connectivity index (χ0n) is 35.0. The summed E-state index contributed by atoms with van der Waals surface area (Å²) in [5.41, 5.74) is 5.05. The van der Waals surface area contributed by atoms with E-state index in [-0.39, 0.29) is 54.2 Å². The van der Waals surface area contributed by atoms with Crippen molar-refractivity contribution in [3.8, 4) is 5.75 Å². The molecule has 0 saturated carbocycles. The van der Waals surface area contributed by atoms with E-state index in [1.54, 1.807) is 41.4 Å². The summed E-state index contributed by atoms with van der Waals surface area (Å²) in [6, 6.07) is 43.8. The predicted molar refractivity (Wildman–Crippen MR) is 243 cm³/mol. The number of anilines is 1. The van der Waals surface area contributed by atoms with Crippen LogP contribution in [0.1, 0.15) is 27.9 Å². The molecule has 0 unspecified atom stereocenters. The highest BCUT2D eigenvalue weighted by atomic mass is 127. The molecule has 4 heterocycles. The lowest BCUT2D eigenvalue weighted by molar-refractivity contribution is -0.725. The summed E-state index contributed by atoms with van der Waals surface area (Å²) in [4.78, 5) is 55.1. The number of esters is 1. The fourth-order valence-corrected chi connectivity index (χ4v) is 10.1. The van der Waals surface area contributed by atoms with Gasteiger partial charge in [-0.25, -0.2) is 15.6 Å². The van der Waals surface area contributed by atoms with Crippen LogP contribution in [-0.4, -0.2) is 74.8 Å². The number of ether oxygens (including phenoxy) is 2. The summed E-state index contributed by atoms with van der Waals surface area (Å²) in [6.45, 7) is 0.112. The molecule has 4 N–H and O–H groups in total. The smallest absolute Gasteiger partial charge is 0.355 e. The molecule has 5 aromatic carbocycles. The second kappa shape index (κ2) is 19.5. The van der Waals surface area contributed by atoms with E-state index in [4.69, 9.17) is 25.1 Å². The van der Waals surface area contributed by atoms with Gasteiger partial charge in [-0.15, -0.1) is 27.8 Å². The lowest BCUT2D eigenvalue weighted by atomic mass is 9.77. The van der Waals surface area contributed by atoms with Gasteiger partial charge in [0.1, 0.15) is 59.6 Å². The average molecular weight is 1020 g/mol. The molecule has 330 valence electrons. The molecule has 2 aliphatic rings. The average Bonchev–Trinajstić information content (AvgIpc) is 3.94. The number of nitrogens with two attached hydrogens (primary N) is 1. The Morgan fingerprint density at radius 2 is 1.49 bits per heavy atom. The van der Waals surface area contributed by atoms with Crippen LogP contribution in [0.25, 0.3) is 11.0 Å². The number of β-lactam (4-membered cyclic amide) rings is 1. The number of oxime groups is 1. The first kappa shape index (κ1) is 44.8. The van der Waals surface area contributed by atoms with Gasteiger partial charge in [0.25, 0.3) is 11.8 Å². The van der Waals surface area contributed by atoms with Crippen LogP contribution in [0.4, 0.5) is 5.13 Å². The van der Waals surface area contributed by atoms with Gasteiger partial charge in [0, 0.05) is 16.7 Å². The van der Waals surface area contributed by atoms with Crippen molar-refractivity contribution in [2.24, 2.45) is 5.16 Å². The third-order valence-corrected chi connectivity index (χ3v) is 13.2. The van der Waals surface area contributed by atoms with Crippen LogP contribution in [0.15, 0.2) is 161 Å². The van der Waals surface area contributed by atoms with E-state index in [9.17, 15) is 14.4 Å². The minimum absolute atomic E-state index is 0. The van der Waals surface area contributed by atoms with Gasteiger partial charge in [-0.1, -0.05) is 120 Å². The first-order valence-electron chi connectivity index (χ1n) is 20.2. The Balaban J connectivity index is 0.00000576. The van der Waals surface area contributed by atoms with Crippen LogP contribution in [-0.2, 0) is 42.6 Å². The number of methoxy groups -OCH3 is 1. The number of aromatic nitrogens is 4. The van der Waals surface area contributed by atoms with Gasteiger partial charge < -0.3 is 48.9 Å². The zero-order chi connectivity index (χ0) is 44.2. The number of hydrogen-bond donors (Lipinski definition) is 3. The van der Waals surface area contributed by atoms with Crippen molar-refractivity contribution in [3.63, 3.8) is 0 Å².